The van der Waals surface area contributed by atoms with E-state index in [1.807, 2.05) is 0 Å². The van der Waals surface area contributed by atoms with E-state index >= 15 is 0 Å². The van der Waals surface area contributed by atoms with Crippen molar-refractivity contribution in [2.24, 2.45) is 0 Å². The fourth-order valence-electron chi connectivity index (χ4n) is 1.46. The van der Waals surface area contributed by atoms with Crippen LogP contribution in [0.1, 0.15) is 13.8 Å². The molecule has 126 valence electrons. The number of esters is 1. The molecule has 0 fully saturated rings. The van der Waals surface area contributed by atoms with Crippen molar-refractivity contribution in [2.45, 2.75) is 19.4 Å². The topological polar surface area (TPSA) is 93.7 Å². The average molecular weight is 326 g/mol. The highest BCUT2D eigenvalue weighted by Gasteiger charge is 2.32. The maximum absolute atomic E-state index is 12.8. The van der Waals surface area contributed by atoms with Crippen LogP contribution >= 0.6 is 0 Å². The number of hydrogen-bond donors (Lipinski definition) is 2. The predicted octanol–water partition coefficient (Wildman–Crippen LogP) is 0.389. The molecule has 0 saturated heterocycles. The van der Waals surface area contributed by atoms with Crippen LogP contribution in [-0.2, 0) is 19.1 Å². The number of benzene rings is 1. The molecule has 0 heterocycles. The molecule has 0 saturated carbocycles. The van der Waals surface area contributed by atoms with E-state index in [1.54, 1.807) is 0 Å². The first-order valence-corrected chi connectivity index (χ1v) is 6.83. The normalized spacial score (nSPS) is 10.6. The number of hydrogen-bond acceptors (Lipinski definition) is 5. The summed E-state index contributed by atoms with van der Waals surface area (Å²) in [5.41, 5.74) is -1.36. The number of nitrogens with one attached hydrogen (secondary N) is 2. The third-order valence-electron chi connectivity index (χ3n) is 2.74. The molecule has 0 aliphatic carbocycles. The molecule has 1 rings (SSSR count). The molecule has 0 bridgehead atoms. The van der Waals surface area contributed by atoms with E-state index in [-0.39, 0.29) is 18.2 Å². The van der Waals surface area contributed by atoms with E-state index < -0.39 is 29.9 Å². The van der Waals surface area contributed by atoms with Gasteiger partial charge in [-0.25, -0.2) is 9.18 Å². The van der Waals surface area contributed by atoms with E-state index in [0.717, 1.165) is 0 Å². The second kappa shape index (κ2) is 8.11. The summed E-state index contributed by atoms with van der Waals surface area (Å²) in [6.45, 7) is 2.18. The van der Waals surface area contributed by atoms with Crippen LogP contribution in [-0.4, -0.2) is 43.6 Å². The molecule has 0 spiro atoms. The highest BCUT2D eigenvalue weighted by atomic mass is 19.1. The van der Waals surface area contributed by atoms with Crippen molar-refractivity contribution in [3.63, 3.8) is 0 Å². The van der Waals surface area contributed by atoms with E-state index in [9.17, 15) is 18.8 Å². The molecule has 0 aromatic heterocycles. The van der Waals surface area contributed by atoms with Gasteiger partial charge in [-0.15, -0.1) is 0 Å². The summed E-state index contributed by atoms with van der Waals surface area (Å²) in [5.74, 6) is -1.89. The Hall–Kier alpha value is -2.64. The predicted molar refractivity (Wildman–Crippen MR) is 79.1 cm³/mol. The number of ether oxygens (including phenoxy) is 2. The zero-order chi connectivity index (χ0) is 17.5. The molecule has 0 aliphatic rings. The largest absolute Gasteiger partial charge is 0.476 e. The fourth-order valence-corrected chi connectivity index (χ4v) is 1.46. The van der Waals surface area contributed by atoms with Gasteiger partial charge in [-0.1, -0.05) is 0 Å². The molecule has 0 radical (unpaired) electrons. The number of carbonyl (C=O) groups is 3. The third kappa shape index (κ3) is 6.33. The van der Waals surface area contributed by atoms with E-state index in [2.05, 4.69) is 10.6 Å². The molecule has 0 atom stereocenters. The lowest BCUT2D eigenvalue weighted by molar-refractivity contribution is -0.162. The van der Waals surface area contributed by atoms with E-state index in [1.165, 1.54) is 45.2 Å². The van der Waals surface area contributed by atoms with Crippen molar-refractivity contribution in [3.8, 4) is 5.75 Å². The average Bonchev–Trinajstić information content (AvgIpc) is 2.52. The van der Waals surface area contributed by atoms with Gasteiger partial charge in [0.15, 0.2) is 12.2 Å². The monoisotopic (exact) mass is 326 g/mol. The first kappa shape index (κ1) is 18.4. The lowest BCUT2D eigenvalue weighted by atomic mass is 10.1. The standard InChI is InChI=1S/C15H19FN2O5/c1-15(2,23-11-6-4-10(16)5-7-11)14(21)22-9-13(20)18-8-12(19)17-3/h4-7H,8-9H2,1-3H3,(H,17,19)(H,18,20). The Bertz CT molecular complexity index is 572. The van der Waals surface area contributed by atoms with E-state index in [4.69, 9.17) is 9.47 Å². The molecular formula is C15H19FN2O5. The molecule has 1 aromatic carbocycles. The number of likely N-dealkylation sites (N-methyl/N-ethyl adjacent to an activating group) is 1. The Kier molecular flexibility index (Phi) is 6.49. The number of amides is 2. The van der Waals surface area contributed by atoms with Crippen LogP contribution in [0.25, 0.3) is 0 Å². The van der Waals surface area contributed by atoms with Gasteiger partial charge in [0.05, 0.1) is 6.54 Å². The van der Waals surface area contributed by atoms with Crippen molar-refractivity contribution in [1.82, 2.24) is 10.6 Å². The van der Waals surface area contributed by atoms with Gasteiger partial charge in [0.2, 0.25) is 5.91 Å². The fraction of sp³-hybridized carbons (Fsp3) is 0.400. The van der Waals surface area contributed by atoms with Crippen molar-refractivity contribution < 1.29 is 28.2 Å². The van der Waals surface area contributed by atoms with Gasteiger partial charge in [-0.2, -0.15) is 0 Å². The van der Waals surface area contributed by atoms with Crippen LogP contribution in [0.5, 0.6) is 5.75 Å². The van der Waals surface area contributed by atoms with Gasteiger partial charge in [-0.3, -0.25) is 9.59 Å². The molecule has 1 aromatic rings. The summed E-state index contributed by atoms with van der Waals surface area (Å²) in [5, 5.41) is 4.62. The molecule has 2 N–H and O–H groups in total. The summed E-state index contributed by atoms with van der Waals surface area (Å²) in [4.78, 5) is 34.4. The van der Waals surface area contributed by atoms with Crippen LogP contribution in [0.4, 0.5) is 4.39 Å². The highest BCUT2D eigenvalue weighted by Crippen LogP contribution is 2.19. The molecule has 0 aliphatic heterocycles. The first-order chi connectivity index (χ1) is 10.7. The number of rotatable bonds is 7. The Balaban J connectivity index is 2.47. The Morgan fingerprint density at radius 2 is 1.74 bits per heavy atom. The van der Waals surface area contributed by atoms with Gasteiger partial charge in [0, 0.05) is 7.05 Å². The zero-order valence-corrected chi connectivity index (χ0v) is 13.1. The number of halogens is 1. The van der Waals surface area contributed by atoms with Crippen molar-refractivity contribution in [2.75, 3.05) is 20.2 Å². The third-order valence-corrected chi connectivity index (χ3v) is 2.74. The van der Waals surface area contributed by atoms with Crippen LogP contribution < -0.4 is 15.4 Å². The summed E-state index contributed by atoms with van der Waals surface area (Å²) >= 11 is 0. The van der Waals surface area contributed by atoms with Crippen LogP contribution in [0.2, 0.25) is 0 Å². The molecule has 0 unspecified atom stereocenters. The van der Waals surface area contributed by atoms with Gasteiger partial charge in [0.1, 0.15) is 11.6 Å². The smallest absolute Gasteiger partial charge is 0.350 e. The summed E-state index contributed by atoms with van der Waals surface area (Å²) in [7, 11) is 1.43. The quantitative estimate of drug-likeness (QED) is 0.707. The molecule has 2 amide bonds. The summed E-state index contributed by atoms with van der Waals surface area (Å²) < 4.78 is 23.1. The molecular weight excluding hydrogens is 307 g/mol. The Morgan fingerprint density at radius 3 is 2.30 bits per heavy atom. The lowest BCUT2D eigenvalue weighted by Crippen LogP contribution is -2.42. The summed E-state index contributed by atoms with van der Waals surface area (Å²) in [6, 6.07) is 5.15. The summed E-state index contributed by atoms with van der Waals surface area (Å²) in [6.07, 6.45) is 0. The number of carbonyl (C=O) groups excluding carboxylic acids is 3. The SMILES string of the molecule is CNC(=O)CNC(=O)COC(=O)C(C)(C)Oc1ccc(F)cc1. The Morgan fingerprint density at radius 1 is 1.13 bits per heavy atom. The van der Waals surface area contributed by atoms with Gasteiger partial charge in [0.25, 0.3) is 5.91 Å². The second-order valence-electron chi connectivity index (χ2n) is 5.09. The van der Waals surface area contributed by atoms with Crippen LogP contribution in [0.3, 0.4) is 0 Å². The molecule has 8 heteroatoms. The zero-order valence-electron chi connectivity index (χ0n) is 13.1. The van der Waals surface area contributed by atoms with Gasteiger partial charge < -0.3 is 20.1 Å². The minimum absolute atomic E-state index is 0.206. The minimum Gasteiger partial charge on any atom is -0.476 e. The molecule has 23 heavy (non-hydrogen) atoms. The molecule has 7 nitrogen and oxygen atoms in total. The van der Waals surface area contributed by atoms with Crippen molar-refractivity contribution in [3.05, 3.63) is 30.1 Å². The van der Waals surface area contributed by atoms with Gasteiger partial charge >= 0.3 is 5.97 Å². The van der Waals surface area contributed by atoms with Gasteiger partial charge in [-0.05, 0) is 38.1 Å². The van der Waals surface area contributed by atoms with E-state index in [0.29, 0.717) is 0 Å². The first-order valence-electron chi connectivity index (χ1n) is 6.83. The lowest BCUT2D eigenvalue weighted by Gasteiger charge is -2.24. The highest BCUT2D eigenvalue weighted by molar-refractivity contribution is 5.87. The maximum Gasteiger partial charge on any atom is 0.350 e. The van der Waals surface area contributed by atoms with Crippen molar-refractivity contribution >= 4 is 17.8 Å². The van der Waals surface area contributed by atoms with Crippen LogP contribution in [0.15, 0.2) is 24.3 Å². The van der Waals surface area contributed by atoms with Crippen LogP contribution in [0, 0.1) is 5.82 Å². The second-order valence-corrected chi connectivity index (χ2v) is 5.09. The Labute approximate surface area is 133 Å². The minimum atomic E-state index is -1.36. The van der Waals surface area contributed by atoms with Crippen molar-refractivity contribution in [1.29, 1.82) is 0 Å². The maximum atomic E-state index is 12.8.